The van der Waals surface area contributed by atoms with E-state index in [0.717, 1.165) is 12.8 Å². The zero-order chi connectivity index (χ0) is 12.8. The lowest BCUT2D eigenvalue weighted by atomic mass is 10.2. The van der Waals surface area contributed by atoms with Gasteiger partial charge in [-0.1, -0.05) is 13.3 Å². The lowest BCUT2D eigenvalue weighted by Gasteiger charge is -2.15. The molecule has 0 heterocycles. The van der Waals surface area contributed by atoms with E-state index in [1.165, 1.54) is 6.92 Å². The van der Waals surface area contributed by atoms with Gasteiger partial charge in [0.15, 0.2) is 0 Å². The predicted molar refractivity (Wildman–Crippen MR) is 61.1 cm³/mol. The number of hydrogen-bond acceptors (Lipinski definition) is 5. The van der Waals surface area contributed by atoms with Crippen molar-refractivity contribution < 1.29 is 24.5 Å². The summed E-state index contributed by atoms with van der Waals surface area (Å²) >= 11 is 0. The quantitative estimate of drug-likeness (QED) is 0.637. The second-order valence-corrected chi connectivity index (χ2v) is 3.12. The van der Waals surface area contributed by atoms with Crippen LogP contribution in [0.15, 0.2) is 0 Å². The summed E-state index contributed by atoms with van der Waals surface area (Å²) in [6, 6.07) is 0. The second kappa shape index (κ2) is 14.3. The first-order valence-corrected chi connectivity index (χ1v) is 5.58. The molecular weight excluding hydrogens is 212 g/mol. The highest BCUT2D eigenvalue weighted by atomic mass is 16.6. The molecule has 0 aliphatic rings. The Kier molecular flexibility index (Phi) is 15.9. The molecule has 0 amide bonds. The van der Waals surface area contributed by atoms with Crippen molar-refractivity contribution in [3.05, 3.63) is 0 Å². The fourth-order valence-electron chi connectivity index (χ4n) is 0.983. The summed E-state index contributed by atoms with van der Waals surface area (Å²) in [5.74, 6) is -0.240. The van der Waals surface area contributed by atoms with Gasteiger partial charge < -0.3 is 19.7 Å². The molecule has 16 heavy (non-hydrogen) atoms. The van der Waals surface area contributed by atoms with E-state index in [0.29, 0.717) is 13.2 Å². The van der Waals surface area contributed by atoms with Crippen LogP contribution >= 0.6 is 0 Å². The van der Waals surface area contributed by atoms with E-state index in [1.807, 2.05) is 6.92 Å². The summed E-state index contributed by atoms with van der Waals surface area (Å²) in [6.07, 6.45) is 2.07. The lowest BCUT2D eigenvalue weighted by Crippen LogP contribution is -2.21. The molecule has 0 aliphatic heterocycles. The van der Waals surface area contributed by atoms with Gasteiger partial charge in [0.2, 0.25) is 0 Å². The number of aliphatic hydroxyl groups excluding tert-OH is 2. The Morgan fingerprint density at radius 2 is 1.81 bits per heavy atom. The maximum absolute atomic E-state index is 10.5. The Labute approximate surface area is 97.4 Å². The van der Waals surface area contributed by atoms with Gasteiger partial charge >= 0.3 is 5.97 Å². The van der Waals surface area contributed by atoms with E-state index in [-0.39, 0.29) is 25.3 Å². The molecule has 5 heteroatoms. The topological polar surface area (TPSA) is 76.0 Å². The maximum Gasteiger partial charge on any atom is 0.302 e. The van der Waals surface area contributed by atoms with Gasteiger partial charge in [-0.05, 0) is 13.3 Å². The smallest absolute Gasteiger partial charge is 0.302 e. The summed E-state index contributed by atoms with van der Waals surface area (Å²) in [5.41, 5.74) is 0. The molecule has 0 radical (unpaired) electrons. The van der Waals surface area contributed by atoms with Crippen molar-refractivity contribution in [2.24, 2.45) is 0 Å². The van der Waals surface area contributed by atoms with Gasteiger partial charge in [-0.15, -0.1) is 0 Å². The Bertz CT molecular complexity index is 141. The summed E-state index contributed by atoms with van der Waals surface area (Å²) in [4.78, 5) is 10.5. The molecule has 0 aromatic rings. The monoisotopic (exact) mass is 236 g/mol. The van der Waals surface area contributed by atoms with Crippen LogP contribution in [0, 0.1) is 0 Å². The highest BCUT2D eigenvalue weighted by Crippen LogP contribution is 2.02. The molecule has 98 valence electrons. The van der Waals surface area contributed by atoms with E-state index >= 15 is 0 Å². The fourth-order valence-corrected chi connectivity index (χ4v) is 0.983. The van der Waals surface area contributed by atoms with Crippen LogP contribution < -0.4 is 0 Å². The van der Waals surface area contributed by atoms with Gasteiger partial charge in [0, 0.05) is 13.5 Å². The molecule has 0 aromatic carbocycles. The number of carbonyl (C=O) groups is 1. The van der Waals surface area contributed by atoms with Crippen molar-refractivity contribution in [2.45, 2.75) is 39.7 Å². The molecule has 0 fully saturated rings. The van der Waals surface area contributed by atoms with Crippen LogP contribution in [0.3, 0.4) is 0 Å². The molecule has 2 N–H and O–H groups in total. The van der Waals surface area contributed by atoms with Crippen LogP contribution in [-0.2, 0) is 14.3 Å². The van der Waals surface area contributed by atoms with E-state index in [9.17, 15) is 4.79 Å². The van der Waals surface area contributed by atoms with Crippen LogP contribution in [0.4, 0.5) is 0 Å². The zero-order valence-corrected chi connectivity index (χ0v) is 10.4. The van der Waals surface area contributed by atoms with Crippen LogP contribution in [0.25, 0.3) is 0 Å². The van der Waals surface area contributed by atoms with E-state index < -0.39 is 0 Å². The summed E-state index contributed by atoms with van der Waals surface area (Å²) < 4.78 is 10.2. The van der Waals surface area contributed by atoms with E-state index in [2.05, 4.69) is 6.92 Å². The minimum atomic E-state index is -0.240. The van der Waals surface area contributed by atoms with Gasteiger partial charge in [0.1, 0.15) is 6.61 Å². The molecule has 0 spiro atoms. The third-order valence-electron chi connectivity index (χ3n) is 1.59. The van der Waals surface area contributed by atoms with Crippen molar-refractivity contribution >= 4 is 5.97 Å². The Morgan fingerprint density at radius 1 is 1.25 bits per heavy atom. The molecule has 0 aliphatic carbocycles. The third-order valence-corrected chi connectivity index (χ3v) is 1.59. The van der Waals surface area contributed by atoms with Crippen LogP contribution in [0.1, 0.15) is 33.6 Å². The number of aliphatic hydroxyl groups is 2. The van der Waals surface area contributed by atoms with Crippen LogP contribution in [-0.4, -0.2) is 48.7 Å². The molecule has 1 atom stereocenters. The van der Waals surface area contributed by atoms with Crippen molar-refractivity contribution in [1.82, 2.24) is 0 Å². The number of esters is 1. The highest BCUT2D eigenvalue weighted by molar-refractivity contribution is 5.65. The normalized spacial score (nSPS) is 11.3. The van der Waals surface area contributed by atoms with Crippen molar-refractivity contribution in [3.8, 4) is 0 Å². The minimum Gasteiger partial charge on any atom is -0.463 e. The van der Waals surface area contributed by atoms with Gasteiger partial charge in [-0.3, -0.25) is 4.79 Å². The average molecular weight is 236 g/mol. The number of hydrogen-bond donors (Lipinski definition) is 2. The minimum absolute atomic E-state index is 0.0731. The average Bonchev–Trinajstić information content (AvgIpc) is 2.27. The lowest BCUT2D eigenvalue weighted by molar-refractivity contribution is -0.145. The fraction of sp³-hybridized carbons (Fsp3) is 0.909. The van der Waals surface area contributed by atoms with Gasteiger partial charge in [0.05, 0.1) is 19.3 Å². The number of carbonyl (C=O) groups excluding carboxylic acids is 1. The highest BCUT2D eigenvalue weighted by Gasteiger charge is 2.08. The summed E-state index contributed by atoms with van der Waals surface area (Å²) in [6.45, 7) is 6.24. The standard InChI is InChI=1S/C9H18O3.C2H6O2/c1-4-6-9(11-5-2)7-12-8(3)10;3-1-2-4/h9H,4-7H2,1-3H3;3-4H,1-2H2. The Balaban J connectivity index is 0. The van der Waals surface area contributed by atoms with E-state index in [1.54, 1.807) is 0 Å². The first-order valence-electron chi connectivity index (χ1n) is 5.58. The van der Waals surface area contributed by atoms with Crippen LogP contribution in [0.2, 0.25) is 0 Å². The molecule has 5 nitrogen and oxygen atoms in total. The molecule has 0 saturated carbocycles. The molecule has 0 aromatic heterocycles. The van der Waals surface area contributed by atoms with Gasteiger partial charge in [0.25, 0.3) is 0 Å². The Hall–Kier alpha value is -0.650. The first kappa shape index (κ1) is 17.7. The predicted octanol–water partition coefficient (Wildman–Crippen LogP) is 0.726. The van der Waals surface area contributed by atoms with Crippen molar-refractivity contribution in [3.63, 3.8) is 0 Å². The maximum atomic E-state index is 10.5. The summed E-state index contributed by atoms with van der Waals surface area (Å²) in [7, 11) is 0. The largest absolute Gasteiger partial charge is 0.463 e. The molecule has 0 bridgehead atoms. The van der Waals surface area contributed by atoms with Gasteiger partial charge in [-0.2, -0.15) is 0 Å². The SMILES string of the molecule is CCCC(COC(C)=O)OCC.OCCO. The Morgan fingerprint density at radius 3 is 2.12 bits per heavy atom. The number of rotatable bonds is 7. The van der Waals surface area contributed by atoms with Crippen molar-refractivity contribution in [1.29, 1.82) is 0 Å². The zero-order valence-electron chi connectivity index (χ0n) is 10.4. The number of ether oxygens (including phenoxy) is 2. The molecular formula is C11H24O5. The van der Waals surface area contributed by atoms with Gasteiger partial charge in [-0.25, -0.2) is 0 Å². The second-order valence-electron chi connectivity index (χ2n) is 3.12. The van der Waals surface area contributed by atoms with Crippen LogP contribution in [0.5, 0.6) is 0 Å². The first-order chi connectivity index (χ1) is 7.62. The molecule has 0 rings (SSSR count). The third kappa shape index (κ3) is 15.8. The molecule has 0 saturated heterocycles. The summed E-state index contributed by atoms with van der Waals surface area (Å²) in [5, 5.41) is 15.2. The van der Waals surface area contributed by atoms with E-state index in [4.69, 9.17) is 19.7 Å². The van der Waals surface area contributed by atoms with Crippen molar-refractivity contribution in [2.75, 3.05) is 26.4 Å². The molecule has 1 unspecified atom stereocenters.